The van der Waals surface area contributed by atoms with Crippen molar-refractivity contribution in [1.82, 2.24) is 0 Å². The SMILES string of the molecule is CCCCC[N+]1([C]=O)CCCCC1. The highest BCUT2D eigenvalue weighted by atomic mass is 16.1. The van der Waals surface area contributed by atoms with Gasteiger partial charge in [-0.25, -0.2) is 9.28 Å². The van der Waals surface area contributed by atoms with Crippen LogP contribution >= 0.6 is 0 Å². The van der Waals surface area contributed by atoms with E-state index in [1.54, 1.807) is 0 Å². The van der Waals surface area contributed by atoms with Crippen LogP contribution < -0.4 is 0 Å². The number of nitrogens with zero attached hydrogens (tertiary/aromatic N) is 1. The number of amides is 1. The Kier molecular flexibility index (Phi) is 4.43. The van der Waals surface area contributed by atoms with Crippen molar-refractivity contribution < 1.29 is 9.28 Å². The number of rotatable bonds is 5. The lowest BCUT2D eigenvalue weighted by Crippen LogP contribution is -2.50. The number of hydrogen-bond acceptors (Lipinski definition) is 1. The smallest absolute Gasteiger partial charge is 0.248 e. The minimum atomic E-state index is 0.625. The average Bonchev–Trinajstić information content (AvgIpc) is 2.20. The Hall–Kier alpha value is -0.370. The monoisotopic (exact) mass is 183 g/mol. The van der Waals surface area contributed by atoms with Gasteiger partial charge >= 0.3 is 6.41 Å². The summed E-state index contributed by atoms with van der Waals surface area (Å²) in [6.07, 6.45) is 9.66. The van der Waals surface area contributed by atoms with Crippen molar-refractivity contribution in [3.63, 3.8) is 0 Å². The molecule has 0 aliphatic carbocycles. The number of unbranched alkanes of at least 4 members (excludes halogenated alkanes) is 2. The zero-order chi connectivity index (χ0) is 9.57. The first-order valence-electron chi connectivity index (χ1n) is 5.58. The van der Waals surface area contributed by atoms with Gasteiger partial charge in [0.1, 0.15) is 0 Å². The molecular formula is C11H21NO+. The van der Waals surface area contributed by atoms with Gasteiger partial charge in [0.2, 0.25) is 0 Å². The summed E-state index contributed by atoms with van der Waals surface area (Å²) in [7, 11) is 0. The van der Waals surface area contributed by atoms with Crippen LogP contribution in [0.5, 0.6) is 0 Å². The highest BCUT2D eigenvalue weighted by Gasteiger charge is 2.30. The molecule has 0 N–H and O–H groups in total. The molecule has 1 aliphatic heterocycles. The lowest BCUT2D eigenvalue weighted by molar-refractivity contribution is -0.844. The molecule has 1 radical (unpaired) electrons. The van der Waals surface area contributed by atoms with Gasteiger partial charge in [-0.2, -0.15) is 0 Å². The maximum Gasteiger partial charge on any atom is 0.442 e. The Bertz CT molecular complexity index is 150. The zero-order valence-corrected chi connectivity index (χ0v) is 8.72. The number of carbonyl (C=O) groups excluding carboxylic acids is 1. The maximum absolute atomic E-state index is 10.9. The summed E-state index contributed by atoms with van der Waals surface area (Å²) in [6.45, 7) is 5.29. The molecule has 13 heavy (non-hydrogen) atoms. The normalized spacial score (nSPS) is 21.3. The molecule has 0 aromatic rings. The molecule has 1 saturated heterocycles. The third-order valence-corrected chi connectivity index (χ3v) is 3.06. The molecule has 0 spiro atoms. The van der Waals surface area contributed by atoms with E-state index in [-0.39, 0.29) is 0 Å². The quantitative estimate of drug-likeness (QED) is 0.472. The first kappa shape index (κ1) is 10.7. The molecule has 2 heteroatoms. The molecular weight excluding hydrogens is 162 g/mol. The summed E-state index contributed by atoms with van der Waals surface area (Å²) >= 11 is 0. The molecule has 1 fully saturated rings. The Balaban J connectivity index is 2.33. The van der Waals surface area contributed by atoms with Crippen molar-refractivity contribution in [3.05, 3.63) is 0 Å². The van der Waals surface area contributed by atoms with Crippen molar-refractivity contribution in [2.24, 2.45) is 0 Å². The van der Waals surface area contributed by atoms with Crippen molar-refractivity contribution in [1.29, 1.82) is 0 Å². The third kappa shape index (κ3) is 3.11. The maximum atomic E-state index is 10.9. The molecule has 0 aromatic heterocycles. The topological polar surface area (TPSA) is 17.1 Å². The van der Waals surface area contributed by atoms with E-state index in [1.807, 2.05) is 0 Å². The molecule has 0 unspecified atom stereocenters. The van der Waals surface area contributed by atoms with Crippen LogP contribution in [-0.4, -0.2) is 30.5 Å². The summed E-state index contributed by atoms with van der Waals surface area (Å²) in [5.41, 5.74) is 0. The van der Waals surface area contributed by atoms with Crippen LogP contribution in [0.1, 0.15) is 45.4 Å². The largest absolute Gasteiger partial charge is 0.442 e. The van der Waals surface area contributed by atoms with Crippen LogP contribution in [0.2, 0.25) is 0 Å². The second kappa shape index (κ2) is 5.38. The minimum absolute atomic E-state index is 0.625. The summed E-state index contributed by atoms with van der Waals surface area (Å²) < 4.78 is 0.625. The first-order valence-corrected chi connectivity index (χ1v) is 5.58. The zero-order valence-electron chi connectivity index (χ0n) is 8.72. The van der Waals surface area contributed by atoms with Crippen molar-refractivity contribution in [2.45, 2.75) is 45.4 Å². The van der Waals surface area contributed by atoms with Gasteiger partial charge in [0, 0.05) is 0 Å². The van der Waals surface area contributed by atoms with Crippen LogP contribution in [0.25, 0.3) is 0 Å². The van der Waals surface area contributed by atoms with Crippen LogP contribution in [0, 0.1) is 0 Å². The lowest BCUT2D eigenvalue weighted by atomic mass is 10.1. The highest BCUT2D eigenvalue weighted by Crippen LogP contribution is 2.17. The Morgan fingerprint density at radius 2 is 1.85 bits per heavy atom. The van der Waals surface area contributed by atoms with Gasteiger partial charge in [0.25, 0.3) is 0 Å². The Morgan fingerprint density at radius 3 is 2.38 bits per heavy atom. The Labute approximate surface area is 81.5 Å². The summed E-state index contributed by atoms with van der Waals surface area (Å²) in [4.78, 5) is 10.9. The van der Waals surface area contributed by atoms with Gasteiger partial charge in [0.15, 0.2) is 0 Å². The fraction of sp³-hybridized carbons (Fsp3) is 0.909. The Morgan fingerprint density at radius 1 is 1.15 bits per heavy atom. The van der Waals surface area contributed by atoms with Crippen LogP contribution in [0.4, 0.5) is 0 Å². The number of piperidine rings is 1. The highest BCUT2D eigenvalue weighted by molar-refractivity contribution is 5.38. The lowest BCUT2D eigenvalue weighted by Gasteiger charge is -2.33. The summed E-state index contributed by atoms with van der Waals surface area (Å²) in [5.74, 6) is 0. The van der Waals surface area contributed by atoms with E-state index in [0.29, 0.717) is 4.48 Å². The first-order chi connectivity index (χ1) is 6.33. The number of likely N-dealkylation sites (tertiary alicyclic amines) is 1. The van der Waals surface area contributed by atoms with Gasteiger partial charge < -0.3 is 0 Å². The second-order valence-electron chi connectivity index (χ2n) is 4.18. The molecule has 1 aliphatic rings. The third-order valence-electron chi connectivity index (χ3n) is 3.06. The number of hydrogen-bond donors (Lipinski definition) is 0. The van der Waals surface area contributed by atoms with E-state index >= 15 is 0 Å². The van der Waals surface area contributed by atoms with Gasteiger partial charge in [-0.3, -0.25) is 0 Å². The van der Waals surface area contributed by atoms with E-state index in [0.717, 1.165) is 19.6 Å². The van der Waals surface area contributed by atoms with E-state index in [1.165, 1.54) is 38.5 Å². The predicted octanol–water partition coefficient (Wildman–Crippen LogP) is 2.24. The van der Waals surface area contributed by atoms with Crippen molar-refractivity contribution in [3.8, 4) is 0 Å². The fourth-order valence-electron chi connectivity index (χ4n) is 2.14. The van der Waals surface area contributed by atoms with Crippen molar-refractivity contribution in [2.75, 3.05) is 19.6 Å². The number of quaternary nitrogens is 1. The fourth-order valence-corrected chi connectivity index (χ4v) is 2.14. The molecule has 1 amide bonds. The molecule has 0 aromatic carbocycles. The molecule has 0 saturated carbocycles. The standard InChI is InChI=1S/C11H21NO/c1-2-3-5-8-12(11-13)9-6-4-7-10-12/h2-10H2,1H3/q+1. The predicted molar refractivity (Wildman–Crippen MR) is 53.9 cm³/mol. The summed E-state index contributed by atoms with van der Waals surface area (Å²) in [5, 5.41) is 0. The van der Waals surface area contributed by atoms with Gasteiger partial charge in [-0.05, 0) is 32.1 Å². The van der Waals surface area contributed by atoms with E-state index in [2.05, 4.69) is 13.3 Å². The molecule has 0 bridgehead atoms. The van der Waals surface area contributed by atoms with Crippen molar-refractivity contribution >= 4 is 6.41 Å². The molecule has 1 rings (SSSR count). The van der Waals surface area contributed by atoms with Crippen LogP contribution in [-0.2, 0) is 4.79 Å². The van der Waals surface area contributed by atoms with E-state index in [9.17, 15) is 4.79 Å². The minimum Gasteiger partial charge on any atom is -0.248 e. The van der Waals surface area contributed by atoms with Gasteiger partial charge in [-0.1, -0.05) is 13.3 Å². The van der Waals surface area contributed by atoms with Gasteiger partial charge in [-0.15, -0.1) is 0 Å². The van der Waals surface area contributed by atoms with Crippen LogP contribution in [0.3, 0.4) is 0 Å². The van der Waals surface area contributed by atoms with E-state index in [4.69, 9.17) is 0 Å². The van der Waals surface area contributed by atoms with Crippen LogP contribution in [0.15, 0.2) is 0 Å². The molecule has 1 heterocycles. The van der Waals surface area contributed by atoms with E-state index < -0.39 is 0 Å². The molecule has 0 atom stereocenters. The summed E-state index contributed by atoms with van der Waals surface area (Å²) in [6, 6.07) is 0. The second-order valence-corrected chi connectivity index (χ2v) is 4.18. The van der Waals surface area contributed by atoms with Gasteiger partial charge in [0.05, 0.1) is 19.6 Å². The average molecular weight is 183 g/mol. The molecule has 75 valence electrons. The molecule has 2 nitrogen and oxygen atoms in total.